The first-order chi connectivity index (χ1) is 11.9. The highest BCUT2D eigenvalue weighted by atomic mass is 35.5. The van der Waals surface area contributed by atoms with Crippen LogP contribution < -0.4 is 10.6 Å². The van der Waals surface area contributed by atoms with Gasteiger partial charge in [-0.3, -0.25) is 4.79 Å². The molecule has 0 unspecified atom stereocenters. The van der Waals surface area contributed by atoms with Crippen LogP contribution in [0.1, 0.15) is 58.0 Å². The summed E-state index contributed by atoms with van der Waals surface area (Å²) in [4.78, 5) is 26.4. The molecule has 156 valence electrons. The lowest BCUT2D eigenvalue weighted by atomic mass is 9.81. The SMILES string of the molecule is CCC(CC)(CN)C(=O)N1CCN(c2cc(C)nc(C(C)C)n2)CC1.Cl.Cl. The number of amides is 1. The van der Waals surface area contributed by atoms with Crippen molar-refractivity contribution in [3.63, 3.8) is 0 Å². The van der Waals surface area contributed by atoms with Gasteiger partial charge >= 0.3 is 0 Å². The van der Waals surface area contributed by atoms with Crippen molar-refractivity contribution in [3.8, 4) is 0 Å². The Hall–Kier alpha value is -1.11. The molecule has 27 heavy (non-hydrogen) atoms. The van der Waals surface area contributed by atoms with Crippen molar-refractivity contribution in [2.24, 2.45) is 11.1 Å². The monoisotopic (exact) mass is 419 g/mol. The van der Waals surface area contributed by atoms with Crippen LogP contribution in [0.2, 0.25) is 0 Å². The molecule has 0 bridgehead atoms. The predicted molar refractivity (Wildman–Crippen MR) is 116 cm³/mol. The molecule has 2 N–H and O–H groups in total. The van der Waals surface area contributed by atoms with Crippen LogP contribution >= 0.6 is 24.8 Å². The van der Waals surface area contributed by atoms with Crippen LogP contribution in [0, 0.1) is 12.3 Å². The first-order valence-corrected chi connectivity index (χ1v) is 9.46. The van der Waals surface area contributed by atoms with Crippen LogP contribution in [0.5, 0.6) is 0 Å². The fourth-order valence-electron chi connectivity index (χ4n) is 3.40. The Balaban J connectivity index is 0.00000338. The minimum atomic E-state index is -0.404. The first-order valence-electron chi connectivity index (χ1n) is 9.46. The van der Waals surface area contributed by atoms with Gasteiger partial charge in [0.25, 0.3) is 0 Å². The number of halogens is 2. The third-order valence-corrected chi connectivity index (χ3v) is 5.46. The number of nitrogens with zero attached hydrogens (tertiary/aromatic N) is 4. The van der Waals surface area contributed by atoms with E-state index in [1.807, 2.05) is 17.9 Å². The van der Waals surface area contributed by atoms with E-state index in [0.29, 0.717) is 12.5 Å². The van der Waals surface area contributed by atoms with E-state index in [0.717, 1.165) is 56.4 Å². The van der Waals surface area contributed by atoms with Crippen LogP contribution in [0.15, 0.2) is 6.07 Å². The lowest BCUT2D eigenvalue weighted by Gasteiger charge is -2.40. The van der Waals surface area contributed by atoms with E-state index in [1.165, 1.54) is 0 Å². The molecule has 1 aromatic rings. The first kappa shape index (κ1) is 25.9. The molecule has 0 atom stereocenters. The number of carbonyl (C=O) groups excluding carboxylic acids is 1. The number of nitrogens with two attached hydrogens (primary N) is 1. The number of hydrogen-bond acceptors (Lipinski definition) is 5. The van der Waals surface area contributed by atoms with Gasteiger partial charge in [0.1, 0.15) is 11.6 Å². The lowest BCUT2D eigenvalue weighted by molar-refractivity contribution is -0.142. The summed E-state index contributed by atoms with van der Waals surface area (Å²) in [6, 6.07) is 2.03. The lowest BCUT2D eigenvalue weighted by Crippen LogP contribution is -2.55. The molecule has 0 radical (unpaired) electrons. The second kappa shape index (κ2) is 11.0. The van der Waals surface area contributed by atoms with Gasteiger partial charge in [-0.2, -0.15) is 0 Å². The minimum Gasteiger partial charge on any atom is -0.353 e. The highest BCUT2D eigenvalue weighted by molar-refractivity contribution is 5.85. The zero-order chi connectivity index (χ0) is 18.6. The third-order valence-electron chi connectivity index (χ3n) is 5.46. The maximum atomic E-state index is 13.0. The van der Waals surface area contributed by atoms with Crippen molar-refractivity contribution in [2.75, 3.05) is 37.6 Å². The van der Waals surface area contributed by atoms with Crippen molar-refractivity contribution in [1.29, 1.82) is 0 Å². The quantitative estimate of drug-likeness (QED) is 0.765. The second-order valence-corrected chi connectivity index (χ2v) is 7.35. The molecule has 1 aromatic heterocycles. The van der Waals surface area contributed by atoms with Gasteiger partial charge in [0, 0.05) is 50.4 Å². The summed E-state index contributed by atoms with van der Waals surface area (Å²) in [5.74, 6) is 2.37. The topological polar surface area (TPSA) is 75.4 Å². The van der Waals surface area contributed by atoms with E-state index in [1.54, 1.807) is 0 Å². The summed E-state index contributed by atoms with van der Waals surface area (Å²) in [5, 5.41) is 0. The van der Waals surface area contributed by atoms with Gasteiger partial charge in [0.2, 0.25) is 5.91 Å². The molecule has 1 saturated heterocycles. The summed E-state index contributed by atoms with van der Waals surface area (Å²) in [6.45, 7) is 13.8. The van der Waals surface area contributed by atoms with Gasteiger partial charge in [0.05, 0.1) is 5.41 Å². The predicted octanol–water partition coefficient (Wildman–Crippen LogP) is 3.17. The molecule has 1 amide bonds. The number of aryl methyl sites for hydroxylation is 1. The standard InChI is InChI=1S/C19H33N5O.2ClH/c1-6-19(7-2,13-20)18(25)24-10-8-23(9-11-24)16-12-15(5)21-17(22-16)14(3)4;;/h12,14H,6-11,13,20H2,1-5H3;2*1H. The Labute approximate surface area is 176 Å². The molecular weight excluding hydrogens is 385 g/mol. The second-order valence-electron chi connectivity index (χ2n) is 7.35. The molecule has 0 spiro atoms. The molecule has 1 aliphatic heterocycles. The van der Waals surface area contributed by atoms with Gasteiger partial charge in [-0.15, -0.1) is 24.8 Å². The molecule has 8 heteroatoms. The van der Waals surface area contributed by atoms with Gasteiger partial charge in [0.15, 0.2) is 0 Å². The van der Waals surface area contributed by atoms with E-state index in [4.69, 9.17) is 10.7 Å². The molecule has 2 heterocycles. The van der Waals surface area contributed by atoms with Crippen molar-refractivity contribution >= 4 is 36.5 Å². The average Bonchev–Trinajstić information content (AvgIpc) is 2.63. The zero-order valence-electron chi connectivity index (χ0n) is 17.2. The minimum absolute atomic E-state index is 0. The molecule has 0 aliphatic carbocycles. The number of aromatic nitrogens is 2. The largest absolute Gasteiger partial charge is 0.353 e. The Bertz CT molecular complexity index is 591. The maximum Gasteiger partial charge on any atom is 0.230 e. The molecule has 0 aromatic carbocycles. The van der Waals surface area contributed by atoms with E-state index in [-0.39, 0.29) is 30.7 Å². The summed E-state index contributed by atoms with van der Waals surface area (Å²) in [6.07, 6.45) is 1.59. The summed E-state index contributed by atoms with van der Waals surface area (Å²) in [5.41, 5.74) is 6.53. The fourth-order valence-corrected chi connectivity index (χ4v) is 3.40. The molecule has 6 nitrogen and oxygen atoms in total. The van der Waals surface area contributed by atoms with E-state index < -0.39 is 5.41 Å². The molecule has 2 rings (SSSR count). The Morgan fingerprint density at radius 1 is 1.15 bits per heavy atom. The smallest absolute Gasteiger partial charge is 0.230 e. The van der Waals surface area contributed by atoms with Crippen molar-refractivity contribution in [2.45, 2.75) is 53.4 Å². The third kappa shape index (κ3) is 5.69. The molecule has 1 aliphatic rings. The summed E-state index contributed by atoms with van der Waals surface area (Å²) in [7, 11) is 0. The Kier molecular flexibility index (Phi) is 10.6. The van der Waals surface area contributed by atoms with E-state index in [2.05, 4.69) is 37.6 Å². The number of rotatable bonds is 6. The molecule has 0 saturated carbocycles. The van der Waals surface area contributed by atoms with Gasteiger partial charge < -0.3 is 15.5 Å². The maximum absolute atomic E-state index is 13.0. The number of piperazine rings is 1. The van der Waals surface area contributed by atoms with Crippen LogP contribution in [0.25, 0.3) is 0 Å². The number of anilines is 1. The zero-order valence-corrected chi connectivity index (χ0v) is 18.8. The van der Waals surface area contributed by atoms with Crippen molar-refractivity contribution in [1.82, 2.24) is 14.9 Å². The van der Waals surface area contributed by atoms with Crippen LogP contribution in [-0.4, -0.2) is 53.5 Å². The van der Waals surface area contributed by atoms with Crippen LogP contribution in [0.3, 0.4) is 0 Å². The number of hydrogen-bond donors (Lipinski definition) is 1. The Morgan fingerprint density at radius 3 is 2.15 bits per heavy atom. The Morgan fingerprint density at radius 2 is 1.70 bits per heavy atom. The summed E-state index contributed by atoms with van der Waals surface area (Å²) < 4.78 is 0. The van der Waals surface area contributed by atoms with Gasteiger partial charge in [-0.1, -0.05) is 27.7 Å². The fraction of sp³-hybridized carbons (Fsp3) is 0.737. The van der Waals surface area contributed by atoms with Gasteiger partial charge in [-0.05, 0) is 19.8 Å². The highest BCUT2D eigenvalue weighted by Crippen LogP contribution is 2.28. The molecular formula is C19H35Cl2N5O. The molecule has 1 fully saturated rings. The number of carbonyl (C=O) groups is 1. The highest BCUT2D eigenvalue weighted by Gasteiger charge is 2.37. The van der Waals surface area contributed by atoms with Crippen LogP contribution in [-0.2, 0) is 4.79 Å². The van der Waals surface area contributed by atoms with E-state index >= 15 is 0 Å². The van der Waals surface area contributed by atoms with Crippen molar-refractivity contribution < 1.29 is 4.79 Å². The summed E-state index contributed by atoms with van der Waals surface area (Å²) >= 11 is 0. The van der Waals surface area contributed by atoms with Gasteiger partial charge in [-0.25, -0.2) is 9.97 Å². The normalized spacial score (nSPS) is 14.6. The van der Waals surface area contributed by atoms with Crippen molar-refractivity contribution in [3.05, 3.63) is 17.6 Å². The van der Waals surface area contributed by atoms with E-state index in [9.17, 15) is 4.79 Å². The average molecular weight is 420 g/mol. The van der Waals surface area contributed by atoms with Crippen LogP contribution in [0.4, 0.5) is 5.82 Å².